The highest BCUT2D eigenvalue weighted by Crippen LogP contribution is 2.30. The molecular formula is C12H24N2O3S. The SMILES string of the molecule is CCN(CC)S(=O)(=O)N1CCO[C@H]2CCCC[C@H]21. The van der Waals surface area contributed by atoms with Crippen molar-refractivity contribution in [3.05, 3.63) is 0 Å². The van der Waals surface area contributed by atoms with Crippen molar-refractivity contribution >= 4 is 10.2 Å². The fraction of sp³-hybridized carbons (Fsp3) is 1.00. The van der Waals surface area contributed by atoms with Gasteiger partial charge in [0.25, 0.3) is 10.2 Å². The van der Waals surface area contributed by atoms with Crippen LogP contribution in [0.5, 0.6) is 0 Å². The van der Waals surface area contributed by atoms with Crippen LogP contribution in [0.2, 0.25) is 0 Å². The first-order chi connectivity index (χ1) is 8.61. The zero-order valence-corrected chi connectivity index (χ0v) is 12.2. The van der Waals surface area contributed by atoms with Crippen molar-refractivity contribution in [2.45, 2.75) is 51.7 Å². The largest absolute Gasteiger partial charge is 0.375 e. The van der Waals surface area contributed by atoms with Crippen LogP contribution in [0.3, 0.4) is 0 Å². The Balaban J connectivity index is 2.19. The van der Waals surface area contributed by atoms with E-state index in [-0.39, 0.29) is 12.1 Å². The maximum Gasteiger partial charge on any atom is 0.282 e. The van der Waals surface area contributed by atoms with E-state index in [0.29, 0.717) is 26.2 Å². The van der Waals surface area contributed by atoms with Crippen LogP contribution in [0.1, 0.15) is 39.5 Å². The molecule has 1 saturated carbocycles. The minimum atomic E-state index is -3.31. The molecule has 2 rings (SSSR count). The molecule has 1 saturated heterocycles. The average Bonchev–Trinajstić information content (AvgIpc) is 2.39. The third-order valence-electron chi connectivity index (χ3n) is 4.01. The van der Waals surface area contributed by atoms with E-state index in [1.807, 2.05) is 13.8 Å². The Morgan fingerprint density at radius 3 is 2.56 bits per heavy atom. The number of rotatable bonds is 4. The zero-order chi connectivity index (χ0) is 13.2. The van der Waals surface area contributed by atoms with Crippen LogP contribution in [-0.2, 0) is 14.9 Å². The first kappa shape index (κ1) is 14.2. The zero-order valence-electron chi connectivity index (χ0n) is 11.3. The molecule has 1 aliphatic carbocycles. The van der Waals surface area contributed by atoms with Gasteiger partial charge in [0.15, 0.2) is 0 Å². The predicted molar refractivity (Wildman–Crippen MR) is 70.5 cm³/mol. The van der Waals surface area contributed by atoms with Crippen molar-refractivity contribution in [1.29, 1.82) is 0 Å². The smallest absolute Gasteiger partial charge is 0.282 e. The van der Waals surface area contributed by atoms with E-state index < -0.39 is 10.2 Å². The molecule has 5 nitrogen and oxygen atoms in total. The Labute approximate surface area is 110 Å². The Bertz CT molecular complexity index is 366. The van der Waals surface area contributed by atoms with Gasteiger partial charge < -0.3 is 4.74 Å². The summed E-state index contributed by atoms with van der Waals surface area (Å²) in [6, 6.07) is 0.0538. The molecule has 2 aliphatic rings. The third-order valence-corrected chi connectivity index (χ3v) is 6.22. The summed E-state index contributed by atoms with van der Waals surface area (Å²) in [5.74, 6) is 0. The number of nitrogens with zero attached hydrogens (tertiary/aromatic N) is 2. The molecule has 0 unspecified atom stereocenters. The van der Waals surface area contributed by atoms with Crippen LogP contribution >= 0.6 is 0 Å². The molecule has 0 aromatic carbocycles. The first-order valence-electron chi connectivity index (χ1n) is 6.99. The van der Waals surface area contributed by atoms with E-state index in [9.17, 15) is 8.42 Å². The van der Waals surface area contributed by atoms with E-state index in [1.54, 1.807) is 8.61 Å². The van der Waals surface area contributed by atoms with Crippen molar-refractivity contribution in [2.75, 3.05) is 26.2 Å². The number of hydrogen-bond donors (Lipinski definition) is 0. The fourth-order valence-electron chi connectivity index (χ4n) is 3.05. The second kappa shape index (κ2) is 5.86. The van der Waals surface area contributed by atoms with Gasteiger partial charge in [0.05, 0.1) is 18.8 Å². The molecule has 0 aromatic rings. The van der Waals surface area contributed by atoms with Gasteiger partial charge in [-0.2, -0.15) is 17.0 Å². The van der Waals surface area contributed by atoms with Crippen molar-refractivity contribution in [1.82, 2.24) is 8.61 Å². The lowest BCUT2D eigenvalue weighted by Gasteiger charge is -2.44. The number of ether oxygens (including phenoxy) is 1. The lowest BCUT2D eigenvalue weighted by molar-refractivity contribution is -0.0601. The number of hydrogen-bond acceptors (Lipinski definition) is 3. The van der Waals surface area contributed by atoms with E-state index in [1.165, 1.54) is 0 Å². The summed E-state index contributed by atoms with van der Waals surface area (Å²) in [5.41, 5.74) is 0. The van der Waals surface area contributed by atoms with Gasteiger partial charge in [0.2, 0.25) is 0 Å². The molecule has 0 bridgehead atoms. The Morgan fingerprint density at radius 1 is 1.22 bits per heavy atom. The van der Waals surface area contributed by atoms with Crippen molar-refractivity contribution < 1.29 is 13.2 Å². The van der Waals surface area contributed by atoms with Gasteiger partial charge in [-0.25, -0.2) is 0 Å². The quantitative estimate of drug-likeness (QED) is 0.775. The van der Waals surface area contributed by atoms with Gasteiger partial charge >= 0.3 is 0 Å². The van der Waals surface area contributed by atoms with Crippen LogP contribution in [-0.4, -0.2) is 55.4 Å². The average molecular weight is 276 g/mol. The maximum absolute atomic E-state index is 12.6. The summed E-state index contributed by atoms with van der Waals surface area (Å²) < 4.78 is 34.2. The van der Waals surface area contributed by atoms with Crippen molar-refractivity contribution in [3.63, 3.8) is 0 Å². The predicted octanol–water partition coefficient (Wildman–Crippen LogP) is 1.22. The van der Waals surface area contributed by atoms with E-state index in [4.69, 9.17) is 4.74 Å². The molecule has 6 heteroatoms. The topological polar surface area (TPSA) is 49.9 Å². The minimum Gasteiger partial charge on any atom is -0.375 e. The lowest BCUT2D eigenvalue weighted by Crippen LogP contribution is -2.58. The summed E-state index contributed by atoms with van der Waals surface area (Å²) in [4.78, 5) is 0. The van der Waals surface area contributed by atoms with E-state index >= 15 is 0 Å². The summed E-state index contributed by atoms with van der Waals surface area (Å²) in [7, 11) is -3.31. The molecule has 1 heterocycles. The molecule has 0 amide bonds. The van der Waals surface area contributed by atoms with Gasteiger partial charge in [0, 0.05) is 19.6 Å². The molecule has 0 N–H and O–H groups in total. The summed E-state index contributed by atoms with van der Waals surface area (Å²) >= 11 is 0. The molecule has 2 fully saturated rings. The van der Waals surface area contributed by atoms with Gasteiger partial charge in [-0.1, -0.05) is 26.7 Å². The standard InChI is InChI=1S/C12H24N2O3S/c1-3-13(4-2)18(15,16)14-9-10-17-12-8-6-5-7-11(12)14/h11-12H,3-10H2,1-2H3/t11-,12+/m1/s1. The van der Waals surface area contributed by atoms with Gasteiger partial charge in [-0.05, 0) is 12.8 Å². The van der Waals surface area contributed by atoms with Crippen molar-refractivity contribution in [3.8, 4) is 0 Å². The molecular weight excluding hydrogens is 252 g/mol. The molecule has 0 radical (unpaired) electrons. The number of morpholine rings is 1. The second-order valence-electron chi connectivity index (χ2n) is 4.96. The highest BCUT2D eigenvalue weighted by molar-refractivity contribution is 7.86. The Kier molecular flexibility index (Phi) is 4.64. The molecule has 0 spiro atoms. The Hall–Kier alpha value is -0.170. The highest BCUT2D eigenvalue weighted by Gasteiger charge is 2.41. The molecule has 106 valence electrons. The van der Waals surface area contributed by atoms with Gasteiger partial charge in [0.1, 0.15) is 0 Å². The van der Waals surface area contributed by atoms with E-state index in [2.05, 4.69) is 0 Å². The highest BCUT2D eigenvalue weighted by atomic mass is 32.2. The molecule has 0 aromatic heterocycles. The normalized spacial score (nSPS) is 30.4. The van der Waals surface area contributed by atoms with Crippen LogP contribution in [0, 0.1) is 0 Å². The third kappa shape index (κ3) is 2.57. The molecule has 1 aliphatic heterocycles. The van der Waals surface area contributed by atoms with Crippen LogP contribution in [0.4, 0.5) is 0 Å². The van der Waals surface area contributed by atoms with Crippen molar-refractivity contribution in [2.24, 2.45) is 0 Å². The van der Waals surface area contributed by atoms with Crippen LogP contribution in [0.15, 0.2) is 0 Å². The van der Waals surface area contributed by atoms with E-state index in [0.717, 1.165) is 25.7 Å². The minimum absolute atomic E-state index is 0.0538. The number of fused-ring (bicyclic) bond motifs is 1. The van der Waals surface area contributed by atoms with Crippen LogP contribution in [0.25, 0.3) is 0 Å². The maximum atomic E-state index is 12.6. The molecule has 18 heavy (non-hydrogen) atoms. The second-order valence-corrected chi connectivity index (χ2v) is 6.84. The van der Waals surface area contributed by atoms with Gasteiger partial charge in [-0.3, -0.25) is 0 Å². The first-order valence-corrected chi connectivity index (χ1v) is 8.39. The molecule has 2 atom stereocenters. The fourth-order valence-corrected chi connectivity index (χ4v) is 4.88. The monoisotopic (exact) mass is 276 g/mol. The summed E-state index contributed by atoms with van der Waals surface area (Å²) in [6.07, 6.45) is 4.30. The summed E-state index contributed by atoms with van der Waals surface area (Å²) in [5, 5.41) is 0. The van der Waals surface area contributed by atoms with Gasteiger partial charge in [-0.15, -0.1) is 0 Å². The Morgan fingerprint density at radius 2 is 1.89 bits per heavy atom. The van der Waals surface area contributed by atoms with Crippen LogP contribution < -0.4 is 0 Å². The lowest BCUT2D eigenvalue weighted by atomic mass is 9.91. The summed E-state index contributed by atoms with van der Waals surface area (Å²) in [6.45, 7) is 5.88.